The van der Waals surface area contributed by atoms with Crippen LogP contribution in [-0.4, -0.2) is 29.9 Å². The number of hydrogen-bond donors (Lipinski definition) is 2. The summed E-state index contributed by atoms with van der Waals surface area (Å²) in [5, 5.41) is 6.66. The van der Waals surface area contributed by atoms with Crippen molar-refractivity contribution >= 4 is 28.4 Å². The smallest absolute Gasteiger partial charge is 0.274 e. The van der Waals surface area contributed by atoms with E-state index in [0.717, 1.165) is 23.8 Å². The lowest BCUT2D eigenvalue weighted by atomic mass is 10.1. The van der Waals surface area contributed by atoms with Crippen LogP contribution in [0, 0.1) is 0 Å². The maximum atomic E-state index is 12.6. The quantitative estimate of drug-likeness (QED) is 0.693. The van der Waals surface area contributed by atoms with Gasteiger partial charge in [-0.2, -0.15) is 0 Å². The first-order valence-corrected chi connectivity index (χ1v) is 9.26. The number of methoxy groups -OCH3 is 1. The Hall–Kier alpha value is -3.41. The van der Waals surface area contributed by atoms with E-state index in [0.29, 0.717) is 29.4 Å². The summed E-state index contributed by atoms with van der Waals surface area (Å²) in [5.41, 5.74) is 2.53. The summed E-state index contributed by atoms with van der Waals surface area (Å²) in [6, 6.07) is 16.8. The fourth-order valence-electron chi connectivity index (χ4n) is 3.02. The van der Waals surface area contributed by atoms with Crippen LogP contribution in [-0.2, 0) is 11.2 Å². The average Bonchev–Trinajstić information content (AvgIpc) is 3.52. The summed E-state index contributed by atoms with van der Waals surface area (Å²) in [7, 11) is 1.57. The molecule has 2 aromatic carbocycles. The second-order valence-corrected chi connectivity index (χ2v) is 6.90. The Balaban J connectivity index is 1.45. The number of nitrogens with zero attached hydrogens (tertiary/aromatic N) is 1. The van der Waals surface area contributed by atoms with Crippen LogP contribution in [0.25, 0.3) is 10.9 Å². The summed E-state index contributed by atoms with van der Waals surface area (Å²) in [5.74, 6) is 0.322. The van der Waals surface area contributed by atoms with E-state index in [-0.39, 0.29) is 17.5 Å². The molecule has 0 spiro atoms. The van der Waals surface area contributed by atoms with E-state index in [4.69, 9.17) is 4.74 Å². The van der Waals surface area contributed by atoms with E-state index in [9.17, 15) is 9.59 Å². The van der Waals surface area contributed by atoms with Crippen molar-refractivity contribution in [3.63, 3.8) is 0 Å². The number of aromatic nitrogens is 1. The molecule has 6 nitrogen and oxygen atoms in total. The number of hydrogen-bond acceptors (Lipinski definition) is 4. The van der Waals surface area contributed by atoms with Crippen LogP contribution in [0.2, 0.25) is 0 Å². The highest BCUT2D eigenvalue weighted by molar-refractivity contribution is 6.05. The normalized spacial score (nSPS) is 13.2. The molecule has 2 amide bonds. The summed E-state index contributed by atoms with van der Waals surface area (Å²) >= 11 is 0. The van der Waals surface area contributed by atoms with Gasteiger partial charge >= 0.3 is 0 Å². The molecule has 1 fully saturated rings. The number of fused-ring (bicyclic) bond motifs is 1. The monoisotopic (exact) mass is 375 g/mol. The zero-order valence-corrected chi connectivity index (χ0v) is 15.6. The summed E-state index contributed by atoms with van der Waals surface area (Å²) in [6.07, 6.45) is 2.49. The van der Waals surface area contributed by atoms with Crippen LogP contribution in [0.1, 0.15) is 28.9 Å². The van der Waals surface area contributed by atoms with Crippen molar-refractivity contribution in [1.82, 2.24) is 10.3 Å². The molecule has 0 aliphatic heterocycles. The second kappa shape index (κ2) is 7.68. The zero-order valence-electron chi connectivity index (χ0n) is 15.6. The molecular weight excluding hydrogens is 354 g/mol. The van der Waals surface area contributed by atoms with Gasteiger partial charge < -0.3 is 15.4 Å². The summed E-state index contributed by atoms with van der Waals surface area (Å²) in [4.78, 5) is 28.9. The highest BCUT2D eigenvalue weighted by Gasteiger charge is 2.23. The van der Waals surface area contributed by atoms with Gasteiger partial charge in [-0.25, -0.2) is 4.98 Å². The molecule has 142 valence electrons. The SMILES string of the molecule is COc1cc(C(=O)Nc2ccc(CC(=O)NC3CC3)cc2)nc2ccccc12. The standard InChI is InChI=1S/C22H21N3O3/c1-28-20-13-19(25-18-5-3-2-4-17(18)20)22(27)24-16-8-6-14(7-9-16)12-21(26)23-15-10-11-15/h2-9,13,15H,10-12H2,1H3,(H,23,26)(H,24,27). The number of carbonyl (C=O) groups excluding carboxylic acids is 2. The number of amides is 2. The molecule has 6 heteroatoms. The van der Waals surface area contributed by atoms with Crippen LogP contribution < -0.4 is 15.4 Å². The predicted octanol–water partition coefficient (Wildman–Crippen LogP) is 3.32. The van der Waals surface area contributed by atoms with Gasteiger partial charge in [-0.15, -0.1) is 0 Å². The first kappa shape index (κ1) is 18.0. The molecular formula is C22H21N3O3. The number of nitrogens with one attached hydrogen (secondary N) is 2. The number of rotatable bonds is 6. The highest BCUT2D eigenvalue weighted by Crippen LogP contribution is 2.25. The Morgan fingerprint density at radius 1 is 1.11 bits per heavy atom. The van der Waals surface area contributed by atoms with Gasteiger partial charge in [0.1, 0.15) is 11.4 Å². The Bertz CT molecular complexity index is 1030. The topological polar surface area (TPSA) is 80.3 Å². The van der Waals surface area contributed by atoms with Crippen molar-refractivity contribution in [2.75, 3.05) is 12.4 Å². The molecule has 1 aliphatic carbocycles. The number of pyridine rings is 1. The van der Waals surface area contributed by atoms with Crippen LogP contribution in [0.3, 0.4) is 0 Å². The molecule has 1 saturated carbocycles. The largest absolute Gasteiger partial charge is 0.496 e. The lowest BCUT2D eigenvalue weighted by Crippen LogP contribution is -2.26. The molecule has 28 heavy (non-hydrogen) atoms. The van der Waals surface area contributed by atoms with Crippen molar-refractivity contribution in [2.45, 2.75) is 25.3 Å². The van der Waals surface area contributed by atoms with Crippen LogP contribution in [0.15, 0.2) is 54.6 Å². The Labute approximate surface area is 162 Å². The van der Waals surface area contributed by atoms with E-state index >= 15 is 0 Å². The fraction of sp³-hybridized carbons (Fsp3) is 0.227. The van der Waals surface area contributed by atoms with Crippen molar-refractivity contribution in [2.24, 2.45) is 0 Å². The summed E-state index contributed by atoms with van der Waals surface area (Å²) < 4.78 is 5.40. The lowest BCUT2D eigenvalue weighted by Gasteiger charge is -2.10. The summed E-state index contributed by atoms with van der Waals surface area (Å²) in [6.45, 7) is 0. The van der Waals surface area contributed by atoms with Gasteiger partial charge in [-0.3, -0.25) is 9.59 Å². The third kappa shape index (κ3) is 4.11. The highest BCUT2D eigenvalue weighted by atomic mass is 16.5. The van der Waals surface area contributed by atoms with Crippen LogP contribution in [0.5, 0.6) is 5.75 Å². The average molecular weight is 375 g/mol. The fourth-order valence-corrected chi connectivity index (χ4v) is 3.02. The van der Waals surface area contributed by atoms with Gasteiger partial charge in [-0.05, 0) is 42.7 Å². The van der Waals surface area contributed by atoms with Gasteiger partial charge in [0, 0.05) is 23.2 Å². The second-order valence-electron chi connectivity index (χ2n) is 6.90. The minimum atomic E-state index is -0.316. The van der Waals surface area contributed by atoms with Gasteiger partial charge in [0.2, 0.25) is 5.91 Å². The van der Waals surface area contributed by atoms with Crippen LogP contribution >= 0.6 is 0 Å². The molecule has 1 aliphatic rings. The van der Waals surface area contributed by atoms with Crippen molar-refractivity contribution in [3.05, 3.63) is 65.9 Å². The first-order valence-electron chi connectivity index (χ1n) is 9.26. The van der Waals surface area contributed by atoms with Gasteiger partial charge in [0.25, 0.3) is 5.91 Å². The Morgan fingerprint density at radius 2 is 1.86 bits per heavy atom. The zero-order chi connectivity index (χ0) is 19.5. The number of anilines is 1. The molecule has 1 aromatic heterocycles. The molecule has 2 N–H and O–H groups in total. The van der Waals surface area contributed by atoms with Crippen LogP contribution in [0.4, 0.5) is 5.69 Å². The molecule has 0 radical (unpaired) electrons. The molecule has 4 rings (SSSR count). The maximum absolute atomic E-state index is 12.6. The molecule has 0 saturated heterocycles. The van der Waals surface area contributed by atoms with Crippen molar-refractivity contribution in [3.8, 4) is 5.75 Å². The minimum absolute atomic E-state index is 0.0340. The Morgan fingerprint density at radius 3 is 2.57 bits per heavy atom. The predicted molar refractivity (Wildman–Crippen MR) is 108 cm³/mol. The van der Waals surface area contributed by atoms with E-state index in [1.807, 2.05) is 36.4 Å². The third-order valence-electron chi connectivity index (χ3n) is 4.65. The molecule has 3 aromatic rings. The van der Waals surface area contributed by atoms with Gasteiger partial charge in [0.05, 0.1) is 19.0 Å². The van der Waals surface area contributed by atoms with E-state index in [1.54, 1.807) is 25.3 Å². The minimum Gasteiger partial charge on any atom is -0.496 e. The lowest BCUT2D eigenvalue weighted by molar-refractivity contribution is -0.120. The molecule has 0 bridgehead atoms. The van der Waals surface area contributed by atoms with Crippen molar-refractivity contribution in [1.29, 1.82) is 0 Å². The van der Waals surface area contributed by atoms with Crippen molar-refractivity contribution < 1.29 is 14.3 Å². The van der Waals surface area contributed by atoms with E-state index in [1.165, 1.54) is 0 Å². The third-order valence-corrected chi connectivity index (χ3v) is 4.65. The number of benzene rings is 2. The molecule has 0 atom stereocenters. The number of para-hydroxylation sites is 1. The molecule has 1 heterocycles. The van der Waals surface area contributed by atoms with Gasteiger partial charge in [-0.1, -0.05) is 24.3 Å². The van der Waals surface area contributed by atoms with E-state index < -0.39 is 0 Å². The van der Waals surface area contributed by atoms with Gasteiger partial charge in [0.15, 0.2) is 0 Å². The molecule has 0 unspecified atom stereocenters. The first-order chi connectivity index (χ1) is 13.6. The number of carbonyl (C=O) groups is 2. The maximum Gasteiger partial charge on any atom is 0.274 e. The number of ether oxygens (including phenoxy) is 1. The van der Waals surface area contributed by atoms with E-state index in [2.05, 4.69) is 15.6 Å². The Kier molecular flexibility index (Phi) is 4.93.